The lowest BCUT2D eigenvalue weighted by Crippen LogP contribution is -2.29. The maximum absolute atomic E-state index is 12.4. The van der Waals surface area contributed by atoms with E-state index in [1.807, 2.05) is 18.2 Å². The van der Waals surface area contributed by atoms with Gasteiger partial charge in [0.15, 0.2) is 0 Å². The number of aliphatic hydroxyl groups excluding tert-OH is 1. The molecule has 0 spiro atoms. The van der Waals surface area contributed by atoms with Crippen molar-refractivity contribution in [2.24, 2.45) is 0 Å². The van der Waals surface area contributed by atoms with Gasteiger partial charge in [-0.25, -0.2) is 23.7 Å². The molecule has 3 aromatic rings. The number of para-hydroxylation sites is 1. The average molecular weight is 387 g/mol. The first-order chi connectivity index (χ1) is 12.9. The van der Waals surface area contributed by atoms with Gasteiger partial charge in [-0.3, -0.25) is 0 Å². The van der Waals surface area contributed by atoms with Gasteiger partial charge in [0.2, 0.25) is 0 Å². The standard InChI is InChI=1S/C18H21N5O3S/c1-12(24)10-22-27(19,25)14-8-6-13(7-9-14)23-18-15-4-3-5-16(26-2)17(15)20-11-21-18/h3-9,11-12,24H,10H2,1-2H3,(H2,19,22,25)(H,20,21,23)/t12-,27?/m1/s1. The molecule has 0 aliphatic heterocycles. The molecule has 0 saturated heterocycles. The van der Waals surface area contributed by atoms with Gasteiger partial charge in [0.25, 0.3) is 0 Å². The van der Waals surface area contributed by atoms with Crippen molar-refractivity contribution in [2.45, 2.75) is 17.9 Å². The predicted molar refractivity (Wildman–Crippen MR) is 105 cm³/mol. The number of methoxy groups -OCH3 is 1. The lowest BCUT2D eigenvalue weighted by Gasteiger charge is -2.13. The Balaban J connectivity index is 1.84. The van der Waals surface area contributed by atoms with E-state index >= 15 is 0 Å². The number of fused-ring (bicyclic) bond motifs is 1. The largest absolute Gasteiger partial charge is 0.494 e. The highest BCUT2D eigenvalue weighted by atomic mass is 32.2. The van der Waals surface area contributed by atoms with E-state index in [2.05, 4.69) is 20.0 Å². The number of hydrogen-bond donors (Lipinski definition) is 4. The van der Waals surface area contributed by atoms with Gasteiger partial charge in [0.05, 0.1) is 18.1 Å². The third kappa shape index (κ3) is 4.33. The maximum atomic E-state index is 12.4. The number of aromatic nitrogens is 2. The molecule has 2 aromatic carbocycles. The minimum atomic E-state index is -3.17. The molecule has 0 radical (unpaired) electrons. The number of nitrogens with one attached hydrogen (secondary N) is 3. The summed E-state index contributed by atoms with van der Waals surface area (Å²) >= 11 is 0. The van der Waals surface area contributed by atoms with Gasteiger partial charge in [-0.1, -0.05) is 6.07 Å². The monoisotopic (exact) mass is 387 g/mol. The minimum Gasteiger partial charge on any atom is -0.494 e. The third-order valence-electron chi connectivity index (χ3n) is 3.88. The molecule has 1 unspecified atom stereocenters. The van der Waals surface area contributed by atoms with Crippen molar-refractivity contribution in [3.63, 3.8) is 0 Å². The van der Waals surface area contributed by atoms with E-state index in [4.69, 9.17) is 9.52 Å². The molecular formula is C18H21N5O3S. The molecule has 4 N–H and O–H groups in total. The molecule has 27 heavy (non-hydrogen) atoms. The van der Waals surface area contributed by atoms with Gasteiger partial charge < -0.3 is 15.2 Å². The first-order valence-corrected chi connectivity index (χ1v) is 9.83. The molecule has 0 aliphatic carbocycles. The van der Waals surface area contributed by atoms with Gasteiger partial charge in [-0.05, 0) is 43.3 Å². The minimum absolute atomic E-state index is 0.0804. The lowest BCUT2D eigenvalue weighted by molar-refractivity contribution is 0.199. The smallest absolute Gasteiger partial charge is 0.145 e. The Hall–Kier alpha value is -2.75. The summed E-state index contributed by atoms with van der Waals surface area (Å²) in [4.78, 5) is 8.89. The summed E-state index contributed by atoms with van der Waals surface area (Å²) in [6.07, 6.45) is 0.776. The fourth-order valence-electron chi connectivity index (χ4n) is 2.51. The molecule has 0 aliphatic rings. The second-order valence-corrected chi connectivity index (χ2v) is 7.85. The van der Waals surface area contributed by atoms with E-state index in [1.54, 1.807) is 38.3 Å². The Labute approximate surface area is 157 Å². The summed E-state index contributed by atoms with van der Waals surface area (Å²) in [6, 6.07) is 12.3. The molecule has 1 heterocycles. The summed E-state index contributed by atoms with van der Waals surface area (Å²) in [5, 5.41) is 13.3. The zero-order valence-electron chi connectivity index (χ0n) is 15.0. The van der Waals surface area contributed by atoms with Crippen LogP contribution in [-0.2, 0) is 9.92 Å². The highest BCUT2D eigenvalue weighted by Crippen LogP contribution is 2.29. The van der Waals surface area contributed by atoms with Crippen molar-refractivity contribution >= 4 is 32.3 Å². The molecule has 9 heteroatoms. The van der Waals surface area contributed by atoms with E-state index < -0.39 is 16.0 Å². The Morgan fingerprint density at radius 2 is 1.96 bits per heavy atom. The number of nitrogens with zero attached hydrogens (tertiary/aromatic N) is 2. The maximum Gasteiger partial charge on any atom is 0.145 e. The fourth-order valence-corrected chi connectivity index (χ4v) is 3.67. The summed E-state index contributed by atoms with van der Waals surface area (Å²) in [7, 11) is -1.58. The summed E-state index contributed by atoms with van der Waals surface area (Å²) in [5.74, 6) is 1.27. The molecule has 0 saturated carbocycles. The van der Waals surface area contributed by atoms with Gasteiger partial charge in [0, 0.05) is 17.6 Å². The number of anilines is 2. The van der Waals surface area contributed by atoms with E-state index in [1.165, 1.54) is 6.33 Å². The first-order valence-electron chi connectivity index (χ1n) is 8.27. The van der Waals surface area contributed by atoms with Crippen molar-refractivity contribution in [3.05, 3.63) is 48.8 Å². The van der Waals surface area contributed by atoms with Crippen LogP contribution in [0.5, 0.6) is 5.75 Å². The Bertz CT molecular complexity index is 1040. The summed E-state index contributed by atoms with van der Waals surface area (Å²) < 4.78 is 28.3. The second kappa shape index (κ2) is 7.87. The zero-order valence-corrected chi connectivity index (χ0v) is 15.8. The van der Waals surface area contributed by atoms with Crippen LogP contribution in [0.2, 0.25) is 0 Å². The van der Waals surface area contributed by atoms with Crippen molar-refractivity contribution in [2.75, 3.05) is 19.0 Å². The zero-order chi connectivity index (χ0) is 19.4. The summed E-state index contributed by atoms with van der Waals surface area (Å²) in [5.41, 5.74) is 1.43. The molecule has 1 aromatic heterocycles. The van der Waals surface area contributed by atoms with Crippen LogP contribution in [0, 0.1) is 4.78 Å². The fraction of sp³-hybridized carbons (Fsp3) is 0.222. The number of hydrogen-bond acceptors (Lipinski definition) is 7. The Kier molecular flexibility index (Phi) is 5.54. The topological polar surface area (TPSA) is 120 Å². The highest BCUT2D eigenvalue weighted by Gasteiger charge is 2.12. The van der Waals surface area contributed by atoms with E-state index in [0.29, 0.717) is 22.0 Å². The molecule has 0 amide bonds. The van der Waals surface area contributed by atoms with Crippen molar-refractivity contribution in [3.8, 4) is 5.75 Å². The van der Waals surface area contributed by atoms with Gasteiger partial charge in [-0.2, -0.15) is 0 Å². The molecule has 142 valence electrons. The SMILES string of the molecule is COc1cccc2c(Nc3ccc(S(=N)(=O)NC[C@@H](C)O)cc3)ncnc12. The Morgan fingerprint density at radius 1 is 1.22 bits per heavy atom. The van der Waals surface area contributed by atoms with Crippen LogP contribution < -0.4 is 14.8 Å². The normalized spacial score (nSPS) is 14.5. The van der Waals surface area contributed by atoms with Crippen molar-refractivity contribution in [1.29, 1.82) is 4.78 Å². The van der Waals surface area contributed by atoms with Crippen LogP contribution in [0.25, 0.3) is 10.9 Å². The highest BCUT2D eigenvalue weighted by molar-refractivity contribution is 7.90. The number of ether oxygens (including phenoxy) is 1. The van der Waals surface area contributed by atoms with E-state index in [-0.39, 0.29) is 6.54 Å². The van der Waals surface area contributed by atoms with Gasteiger partial charge in [-0.15, -0.1) is 0 Å². The summed E-state index contributed by atoms with van der Waals surface area (Å²) in [6.45, 7) is 1.65. The predicted octanol–water partition coefficient (Wildman–Crippen LogP) is 2.67. The number of rotatable bonds is 7. The first kappa shape index (κ1) is 19.0. The molecule has 2 atom stereocenters. The van der Waals surface area contributed by atoms with E-state index in [9.17, 15) is 9.32 Å². The molecule has 0 bridgehead atoms. The van der Waals surface area contributed by atoms with Crippen molar-refractivity contribution in [1.82, 2.24) is 14.7 Å². The van der Waals surface area contributed by atoms with Crippen LogP contribution in [-0.4, -0.2) is 39.0 Å². The van der Waals surface area contributed by atoms with Crippen LogP contribution in [0.1, 0.15) is 6.92 Å². The lowest BCUT2D eigenvalue weighted by atomic mass is 10.2. The van der Waals surface area contributed by atoms with Crippen LogP contribution >= 0.6 is 0 Å². The third-order valence-corrected chi connectivity index (χ3v) is 5.39. The number of aliphatic hydroxyl groups is 1. The van der Waals surface area contributed by atoms with Crippen molar-refractivity contribution < 1.29 is 14.1 Å². The van der Waals surface area contributed by atoms with Crippen LogP contribution in [0.15, 0.2) is 53.7 Å². The second-order valence-electron chi connectivity index (χ2n) is 5.98. The van der Waals surface area contributed by atoms with Crippen LogP contribution in [0.4, 0.5) is 11.5 Å². The van der Waals surface area contributed by atoms with Gasteiger partial charge >= 0.3 is 0 Å². The molecular weight excluding hydrogens is 366 g/mol. The molecule has 3 rings (SSSR count). The van der Waals surface area contributed by atoms with E-state index in [0.717, 1.165) is 11.1 Å². The quantitative estimate of drug-likeness (QED) is 0.495. The van der Waals surface area contributed by atoms with Crippen LogP contribution in [0.3, 0.4) is 0 Å². The number of benzene rings is 2. The molecule has 0 fully saturated rings. The van der Waals surface area contributed by atoms with Gasteiger partial charge in [0.1, 0.15) is 33.3 Å². The average Bonchev–Trinajstić information content (AvgIpc) is 2.67. The Morgan fingerprint density at radius 3 is 2.63 bits per heavy atom. The molecule has 8 nitrogen and oxygen atoms in total.